The second kappa shape index (κ2) is 18.4. The van der Waals surface area contributed by atoms with E-state index in [9.17, 15) is 5.26 Å². The average Bonchev–Trinajstić information content (AvgIpc) is 3.84. The molecule has 1 aliphatic carbocycles. The van der Waals surface area contributed by atoms with Gasteiger partial charge in [-0.1, -0.05) is 99.3 Å². The summed E-state index contributed by atoms with van der Waals surface area (Å²) in [7, 11) is -1.36. The maximum Gasteiger partial charge on any atom is 0.141 e. The SMILES string of the molecule is C[Si](C)(C)c1cnc(-c2[c-]cccc2)cc1CC1CCCCC1.Cc1cc2nc(-c3[c-]nc4oc5ccc(C#N)cc5c4c3)n(-c3c(C)cc(-c4ccccc4)cc3C)c2cn1.[Ir]. The molecular formula is C54H50IrN6OSi-2. The van der Waals surface area contributed by atoms with E-state index in [1.165, 1.54) is 49.7 Å². The number of aryl methyl sites for hydroxylation is 3. The van der Waals surface area contributed by atoms with Crippen molar-refractivity contribution in [1.29, 1.82) is 5.26 Å². The predicted octanol–water partition coefficient (Wildman–Crippen LogP) is 12.9. The summed E-state index contributed by atoms with van der Waals surface area (Å²) in [5.41, 5.74) is 14.5. The van der Waals surface area contributed by atoms with Crippen molar-refractivity contribution in [3.8, 4) is 45.5 Å². The van der Waals surface area contributed by atoms with Gasteiger partial charge in [0.1, 0.15) is 11.3 Å². The monoisotopic (exact) mass is 1020 g/mol. The van der Waals surface area contributed by atoms with Crippen molar-refractivity contribution in [2.75, 3.05) is 0 Å². The van der Waals surface area contributed by atoms with Crippen LogP contribution in [-0.2, 0) is 26.5 Å². The second-order valence-electron chi connectivity index (χ2n) is 17.8. The first-order valence-corrected chi connectivity index (χ1v) is 25.2. The second-order valence-corrected chi connectivity index (χ2v) is 22.8. The Kier molecular flexibility index (Phi) is 12.7. The van der Waals surface area contributed by atoms with Crippen LogP contribution in [-0.4, -0.2) is 32.6 Å². The molecule has 7 nitrogen and oxygen atoms in total. The molecular weight excluding hydrogens is 969 g/mol. The van der Waals surface area contributed by atoms with Crippen LogP contribution >= 0.6 is 0 Å². The summed E-state index contributed by atoms with van der Waals surface area (Å²) < 4.78 is 8.09. The van der Waals surface area contributed by atoms with Gasteiger partial charge in [0, 0.05) is 43.1 Å². The van der Waals surface area contributed by atoms with Crippen molar-refractivity contribution in [2.24, 2.45) is 5.92 Å². The van der Waals surface area contributed by atoms with Crippen LogP contribution in [0.5, 0.6) is 0 Å². The molecule has 9 aromatic rings. The van der Waals surface area contributed by atoms with Gasteiger partial charge in [-0.3, -0.25) is 9.97 Å². The Bertz CT molecular complexity index is 3100. The fraction of sp³-hybridized carbons (Fsp3) is 0.241. The van der Waals surface area contributed by atoms with Crippen molar-refractivity contribution in [2.45, 2.75) is 78.9 Å². The molecule has 1 aliphatic rings. The molecule has 0 aliphatic heterocycles. The standard InChI is InChI=1S/C33H22N5O.C21H28NSi.Ir/c1-19-11-24(23-7-5-4-6-8-23)12-20(2)31(19)38-29-18-35-21(3)13-28(29)37-32(38)25-15-27-26-14-22(16-34)9-10-30(26)39-33(27)36-17-25;1-23(2,3)21-16-22-20(18-12-8-5-9-13-18)15-19(21)14-17-10-6-4-7-11-17;/h4-15,18H,1-3H3;5,8-9,12,15-17H,4,6-7,10-11,14H2,1-3H3;/q2*-1;. The number of hydrogen-bond acceptors (Lipinski definition) is 6. The van der Waals surface area contributed by atoms with E-state index >= 15 is 0 Å². The molecule has 63 heavy (non-hydrogen) atoms. The maximum atomic E-state index is 9.43. The van der Waals surface area contributed by atoms with Gasteiger partial charge in [-0.25, -0.2) is 0 Å². The van der Waals surface area contributed by atoms with Gasteiger partial charge in [-0.15, -0.1) is 42.0 Å². The van der Waals surface area contributed by atoms with Crippen molar-refractivity contribution in [3.05, 3.63) is 156 Å². The zero-order valence-corrected chi connectivity index (χ0v) is 40.1. The number of imidazole rings is 1. The fourth-order valence-corrected chi connectivity index (χ4v) is 10.7. The molecule has 0 spiro atoms. The first kappa shape index (κ1) is 43.6. The number of nitriles is 1. The third-order valence-electron chi connectivity index (χ3n) is 12.2. The number of rotatable bonds is 7. The molecule has 0 amide bonds. The van der Waals surface area contributed by atoms with Crippen LogP contribution in [0.1, 0.15) is 60.1 Å². The molecule has 0 bridgehead atoms. The van der Waals surface area contributed by atoms with Gasteiger partial charge in [0.15, 0.2) is 0 Å². The van der Waals surface area contributed by atoms with Gasteiger partial charge in [0.2, 0.25) is 0 Å². The summed E-state index contributed by atoms with van der Waals surface area (Å²) in [5.74, 6) is 1.59. The summed E-state index contributed by atoms with van der Waals surface area (Å²) in [5, 5.41) is 12.6. The van der Waals surface area contributed by atoms with Crippen molar-refractivity contribution < 1.29 is 24.5 Å². The molecule has 0 N–H and O–H groups in total. The summed E-state index contributed by atoms with van der Waals surface area (Å²) in [6.07, 6.45) is 15.5. The molecule has 4 aromatic carbocycles. The Hall–Kier alpha value is -6.04. The Morgan fingerprint density at radius 2 is 1.56 bits per heavy atom. The minimum atomic E-state index is -1.36. The Morgan fingerprint density at radius 1 is 0.794 bits per heavy atom. The Labute approximate surface area is 384 Å². The molecule has 9 heteroatoms. The Morgan fingerprint density at radius 3 is 2.27 bits per heavy atom. The van der Waals surface area contributed by atoms with Crippen LogP contribution in [0.4, 0.5) is 0 Å². The zero-order valence-electron chi connectivity index (χ0n) is 36.7. The largest absolute Gasteiger partial charge is 0.483 e. The van der Waals surface area contributed by atoms with Crippen molar-refractivity contribution >= 4 is 46.4 Å². The first-order valence-electron chi connectivity index (χ1n) is 21.7. The van der Waals surface area contributed by atoms with E-state index in [0.717, 1.165) is 72.9 Å². The number of pyridine rings is 3. The van der Waals surface area contributed by atoms with E-state index in [1.54, 1.807) is 22.9 Å². The fourth-order valence-electron chi connectivity index (χ4n) is 9.13. The van der Waals surface area contributed by atoms with E-state index in [-0.39, 0.29) is 20.1 Å². The molecule has 1 fully saturated rings. The van der Waals surface area contributed by atoms with Crippen LogP contribution in [0.25, 0.3) is 72.6 Å². The van der Waals surface area contributed by atoms with Gasteiger partial charge in [0.25, 0.3) is 0 Å². The molecule has 1 saturated carbocycles. The topological polar surface area (TPSA) is 93.4 Å². The molecule has 1 radical (unpaired) electrons. The molecule has 5 aromatic heterocycles. The number of furan rings is 1. The minimum absolute atomic E-state index is 0. The number of hydrogen-bond donors (Lipinski definition) is 0. The van der Waals surface area contributed by atoms with E-state index in [2.05, 4.69) is 127 Å². The van der Waals surface area contributed by atoms with Crippen molar-refractivity contribution in [3.63, 3.8) is 0 Å². The normalized spacial score (nSPS) is 13.1. The molecule has 317 valence electrons. The van der Waals surface area contributed by atoms with Crippen molar-refractivity contribution in [1.82, 2.24) is 24.5 Å². The third kappa shape index (κ3) is 9.08. The van der Waals surface area contributed by atoms with E-state index in [4.69, 9.17) is 14.4 Å². The predicted molar refractivity (Wildman–Crippen MR) is 254 cm³/mol. The Balaban J connectivity index is 0.000000194. The zero-order chi connectivity index (χ0) is 43.0. The maximum absolute atomic E-state index is 9.43. The van der Waals surface area contributed by atoms with E-state index in [0.29, 0.717) is 16.9 Å². The van der Waals surface area contributed by atoms with E-state index < -0.39 is 8.07 Å². The van der Waals surface area contributed by atoms with Gasteiger partial charge >= 0.3 is 0 Å². The molecule has 5 heterocycles. The molecule has 0 atom stereocenters. The van der Waals surface area contributed by atoms with Crippen LogP contribution in [0, 0.1) is 50.3 Å². The molecule has 0 saturated heterocycles. The van der Waals surface area contributed by atoms with Crippen LogP contribution in [0.15, 0.2) is 120 Å². The summed E-state index contributed by atoms with van der Waals surface area (Å²) in [6.45, 7) is 13.5. The first-order chi connectivity index (χ1) is 30.0. The van der Waals surface area contributed by atoms with E-state index in [1.807, 2.05) is 49.5 Å². The quantitative estimate of drug-likeness (QED) is 0.117. The minimum Gasteiger partial charge on any atom is -0.483 e. The third-order valence-corrected chi connectivity index (χ3v) is 14.2. The van der Waals surface area contributed by atoms with Crippen LogP contribution < -0.4 is 5.19 Å². The number of benzene rings is 4. The van der Waals surface area contributed by atoms with Gasteiger partial charge in [-0.2, -0.15) is 5.26 Å². The smallest absolute Gasteiger partial charge is 0.141 e. The van der Waals surface area contributed by atoms with Gasteiger partial charge in [-0.05, 0) is 114 Å². The molecule has 0 unspecified atom stereocenters. The van der Waals surface area contributed by atoms with Gasteiger partial charge < -0.3 is 19.0 Å². The molecule has 10 rings (SSSR count). The summed E-state index contributed by atoms with van der Waals surface area (Å²) in [4.78, 5) is 19.0. The summed E-state index contributed by atoms with van der Waals surface area (Å²) in [6, 6.07) is 40.3. The number of nitrogens with zero attached hydrogens (tertiary/aromatic N) is 6. The number of fused-ring (bicyclic) bond motifs is 4. The summed E-state index contributed by atoms with van der Waals surface area (Å²) >= 11 is 0. The average molecular weight is 1020 g/mol. The van der Waals surface area contributed by atoms with Gasteiger partial charge in [0.05, 0.1) is 42.8 Å². The van der Waals surface area contributed by atoms with Crippen LogP contribution in [0.3, 0.4) is 0 Å². The number of aromatic nitrogens is 5. The van der Waals surface area contributed by atoms with Crippen LogP contribution in [0.2, 0.25) is 19.6 Å².